The molecule has 1 rings (SSSR count). The van der Waals surface area contributed by atoms with Gasteiger partial charge in [0.25, 0.3) is 0 Å². The number of aliphatic carboxylic acids is 1. The summed E-state index contributed by atoms with van der Waals surface area (Å²) in [6.45, 7) is 3.60. The van der Waals surface area contributed by atoms with Crippen LogP contribution in [0.5, 0.6) is 0 Å². The number of aromatic nitrogens is 1. The molecule has 5 nitrogen and oxygen atoms in total. The fourth-order valence-corrected chi connectivity index (χ4v) is 1.41. The predicted molar refractivity (Wildman–Crippen MR) is 59.1 cm³/mol. The fraction of sp³-hybridized carbons (Fsp3) is 0.364. The van der Waals surface area contributed by atoms with Gasteiger partial charge < -0.3 is 10.0 Å². The maximum absolute atomic E-state index is 10.7. The average molecular weight is 219 g/mol. The molecule has 0 unspecified atom stereocenters. The van der Waals surface area contributed by atoms with E-state index in [-0.39, 0.29) is 18.3 Å². The Kier molecular flexibility index (Phi) is 3.84. The maximum atomic E-state index is 10.7. The van der Waals surface area contributed by atoms with Crippen LogP contribution in [-0.2, 0) is 4.79 Å². The van der Waals surface area contributed by atoms with Gasteiger partial charge >= 0.3 is 5.97 Å². The standard InChI is InChI=1S/C11H13N3O2/c1-8(2)14(7-11(15)16)10-4-3-5-13-9(10)6-12/h3-5,8H,7H2,1-2H3,(H,15,16). The highest BCUT2D eigenvalue weighted by Crippen LogP contribution is 2.19. The molecule has 1 N–H and O–H groups in total. The Bertz CT molecular complexity index is 423. The van der Waals surface area contributed by atoms with Crippen LogP contribution in [0.2, 0.25) is 0 Å². The van der Waals surface area contributed by atoms with Crippen LogP contribution < -0.4 is 4.90 Å². The van der Waals surface area contributed by atoms with E-state index in [2.05, 4.69) is 4.98 Å². The summed E-state index contributed by atoms with van der Waals surface area (Å²) in [6.07, 6.45) is 1.52. The molecule has 0 saturated heterocycles. The second-order valence-electron chi connectivity index (χ2n) is 3.60. The Morgan fingerprint density at radius 3 is 2.88 bits per heavy atom. The van der Waals surface area contributed by atoms with Crippen molar-refractivity contribution < 1.29 is 9.90 Å². The van der Waals surface area contributed by atoms with Gasteiger partial charge in [-0.1, -0.05) is 0 Å². The van der Waals surface area contributed by atoms with Gasteiger partial charge in [0.1, 0.15) is 12.6 Å². The zero-order chi connectivity index (χ0) is 12.1. The number of carboxylic acid groups (broad SMARTS) is 1. The van der Waals surface area contributed by atoms with Crippen molar-refractivity contribution in [1.82, 2.24) is 4.98 Å². The van der Waals surface area contributed by atoms with Crippen molar-refractivity contribution in [2.75, 3.05) is 11.4 Å². The van der Waals surface area contributed by atoms with E-state index in [0.717, 1.165) is 0 Å². The highest BCUT2D eigenvalue weighted by Gasteiger charge is 2.17. The Morgan fingerprint density at radius 2 is 2.38 bits per heavy atom. The van der Waals surface area contributed by atoms with Gasteiger partial charge in [-0.3, -0.25) is 4.79 Å². The summed E-state index contributed by atoms with van der Waals surface area (Å²) in [5.74, 6) is -0.929. The summed E-state index contributed by atoms with van der Waals surface area (Å²) in [4.78, 5) is 16.3. The van der Waals surface area contributed by atoms with Crippen LogP contribution in [0.25, 0.3) is 0 Å². The molecule has 5 heteroatoms. The van der Waals surface area contributed by atoms with Crippen molar-refractivity contribution in [3.8, 4) is 6.07 Å². The van der Waals surface area contributed by atoms with Crippen molar-refractivity contribution in [3.05, 3.63) is 24.0 Å². The van der Waals surface area contributed by atoms with E-state index in [1.807, 2.05) is 19.9 Å². The van der Waals surface area contributed by atoms with E-state index in [1.165, 1.54) is 6.20 Å². The minimum Gasteiger partial charge on any atom is -0.480 e. The molecule has 0 amide bonds. The van der Waals surface area contributed by atoms with Crippen LogP contribution in [0.3, 0.4) is 0 Å². The SMILES string of the molecule is CC(C)N(CC(=O)O)c1cccnc1C#N. The first kappa shape index (κ1) is 12.0. The van der Waals surface area contributed by atoms with E-state index in [1.54, 1.807) is 17.0 Å². The van der Waals surface area contributed by atoms with Crippen LogP contribution in [-0.4, -0.2) is 28.6 Å². The second kappa shape index (κ2) is 5.12. The molecule has 0 aromatic carbocycles. The van der Waals surface area contributed by atoms with Crippen molar-refractivity contribution in [2.45, 2.75) is 19.9 Å². The average Bonchev–Trinajstić information content (AvgIpc) is 2.25. The van der Waals surface area contributed by atoms with Crippen LogP contribution in [0.1, 0.15) is 19.5 Å². The lowest BCUT2D eigenvalue weighted by molar-refractivity contribution is -0.135. The highest BCUT2D eigenvalue weighted by molar-refractivity contribution is 5.74. The first-order valence-electron chi connectivity index (χ1n) is 4.89. The summed E-state index contributed by atoms with van der Waals surface area (Å²) in [7, 11) is 0. The maximum Gasteiger partial charge on any atom is 0.323 e. The highest BCUT2D eigenvalue weighted by atomic mass is 16.4. The van der Waals surface area contributed by atoms with Crippen LogP contribution in [0, 0.1) is 11.3 Å². The third kappa shape index (κ3) is 2.70. The third-order valence-corrected chi connectivity index (χ3v) is 2.13. The molecule has 0 aliphatic heterocycles. The molecule has 0 bridgehead atoms. The molecule has 0 saturated carbocycles. The van der Waals surface area contributed by atoms with Crippen LogP contribution >= 0.6 is 0 Å². The lowest BCUT2D eigenvalue weighted by Crippen LogP contribution is -2.36. The summed E-state index contributed by atoms with van der Waals surface area (Å²) in [6, 6.07) is 5.34. The summed E-state index contributed by atoms with van der Waals surface area (Å²) in [5, 5.41) is 17.7. The van der Waals surface area contributed by atoms with Gasteiger partial charge in [0.15, 0.2) is 5.69 Å². The first-order valence-corrected chi connectivity index (χ1v) is 4.89. The Labute approximate surface area is 93.9 Å². The van der Waals surface area contributed by atoms with E-state index in [9.17, 15) is 4.79 Å². The Balaban J connectivity index is 3.11. The molecule has 1 aromatic rings. The molecule has 0 spiro atoms. The molecule has 0 radical (unpaired) electrons. The molecule has 0 aliphatic rings. The number of nitriles is 1. The number of hydrogen-bond donors (Lipinski definition) is 1. The van der Waals surface area contributed by atoms with E-state index in [0.29, 0.717) is 5.69 Å². The summed E-state index contributed by atoms with van der Waals surface area (Å²) < 4.78 is 0. The second-order valence-corrected chi connectivity index (χ2v) is 3.60. The number of rotatable bonds is 4. The van der Waals surface area contributed by atoms with Crippen molar-refractivity contribution in [2.24, 2.45) is 0 Å². The van der Waals surface area contributed by atoms with Crippen LogP contribution in [0.15, 0.2) is 18.3 Å². The monoisotopic (exact) mass is 219 g/mol. The number of carboxylic acids is 1. The number of pyridine rings is 1. The fourth-order valence-electron chi connectivity index (χ4n) is 1.41. The van der Waals surface area contributed by atoms with Crippen molar-refractivity contribution in [3.63, 3.8) is 0 Å². The molecule has 0 fully saturated rings. The molecule has 16 heavy (non-hydrogen) atoms. The van der Waals surface area contributed by atoms with Gasteiger partial charge in [-0.15, -0.1) is 0 Å². The number of hydrogen-bond acceptors (Lipinski definition) is 4. The molecule has 0 aliphatic carbocycles. The predicted octanol–water partition coefficient (Wildman–Crippen LogP) is 1.25. The van der Waals surface area contributed by atoms with E-state index < -0.39 is 5.97 Å². The van der Waals surface area contributed by atoms with Gasteiger partial charge in [0.2, 0.25) is 0 Å². The normalized spacial score (nSPS) is 9.88. The topological polar surface area (TPSA) is 77.2 Å². The molecule has 1 heterocycles. The number of carbonyl (C=O) groups is 1. The van der Waals surface area contributed by atoms with Crippen molar-refractivity contribution in [1.29, 1.82) is 5.26 Å². The van der Waals surface area contributed by atoms with Gasteiger partial charge in [-0.05, 0) is 26.0 Å². The molecule has 84 valence electrons. The number of nitrogens with zero attached hydrogens (tertiary/aromatic N) is 3. The number of anilines is 1. The van der Waals surface area contributed by atoms with Crippen LogP contribution in [0.4, 0.5) is 5.69 Å². The minimum atomic E-state index is -0.929. The largest absolute Gasteiger partial charge is 0.480 e. The van der Waals surface area contributed by atoms with E-state index >= 15 is 0 Å². The smallest absolute Gasteiger partial charge is 0.323 e. The third-order valence-electron chi connectivity index (χ3n) is 2.13. The van der Waals surface area contributed by atoms with Gasteiger partial charge in [0, 0.05) is 12.2 Å². The zero-order valence-electron chi connectivity index (χ0n) is 9.21. The lowest BCUT2D eigenvalue weighted by Gasteiger charge is -2.27. The van der Waals surface area contributed by atoms with Gasteiger partial charge in [-0.2, -0.15) is 5.26 Å². The van der Waals surface area contributed by atoms with Gasteiger partial charge in [0.05, 0.1) is 5.69 Å². The molecular formula is C11H13N3O2. The van der Waals surface area contributed by atoms with E-state index in [4.69, 9.17) is 10.4 Å². The van der Waals surface area contributed by atoms with Gasteiger partial charge in [-0.25, -0.2) is 4.98 Å². The summed E-state index contributed by atoms with van der Waals surface area (Å²) in [5.41, 5.74) is 0.805. The molecule has 0 atom stereocenters. The zero-order valence-corrected chi connectivity index (χ0v) is 9.21. The summed E-state index contributed by atoms with van der Waals surface area (Å²) >= 11 is 0. The first-order chi connectivity index (χ1) is 7.56. The lowest BCUT2D eigenvalue weighted by atomic mass is 10.2. The Morgan fingerprint density at radius 1 is 1.69 bits per heavy atom. The van der Waals surface area contributed by atoms with Crippen molar-refractivity contribution >= 4 is 11.7 Å². The quantitative estimate of drug-likeness (QED) is 0.824. The molecule has 1 aromatic heterocycles. The Hall–Kier alpha value is -2.09. The minimum absolute atomic E-state index is 0.00704. The molecular weight excluding hydrogens is 206 g/mol.